The van der Waals surface area contributed by atoms with Gasteiger partial charge in [-0.3, -0.25) is 0 Å². The molecule has 3 nitrogen and oxygen atoms in total. The Bertz CT molecular complexity index is 982. The Morgan fingerprint density at radius 2 is 1.46 bits per heavy atom. The van der Waals surface area contributed by atoms with Gasteiger partial charge in [0, 0.05) is 5.56 Å². The largest absolute Gasteiger partial charge is 0.493 e. The van der Waals surface area contributed by atoms with Crippen LogP contribution in [0.25, 0.3) is 16.8 Å². The van der Waals surface area contributed by atoms with Crippen molar-refractivity contribution in [1.29, 1.82) is 0 Å². The van der Waals surface area contributed by atoms with Crippen LogP contribution in [0.3, 0.4) is 0 Å². The molecule has 3 heteroatoms. The summed E-state index contributed by atoms with van der Waals surface area (Å²) in [7, 11) is 4.76. The number of rotatable bonds is 4. The quantitative estimate of drug-likeness (QED) is 0.628. The zero-order valence-corrected chi connectivity index (χ0v) is 15.1. The van der Waals surface area contributed by atoms with Crippen molar-refractivity contribution in [2.24, 2.45) is 0 Å². The van der Waals surface area contributed by atoms with E-state index < -0.39 is 0 Å². The van der Waals surface area contributed by atoms with Crippen molar-refractivity contribution in [3.63, 3.8) is 0 Å². The summed E-state index contributed by atoms with van der Waals surface area (Å²) in [4.78, 5) is 0. The van der Waals surface area contributed by atoms with E-state index in [1.54, 1.807) is 21.3 Å². The van der Waals surface area contributed by atoms with Crippen molar-refractivity contribution in [1.82, 2.24) is 0 Å². The lowest BCUT2D eigenvalue weighted by atomic mass is 10.1. The van der Waals surface area contributed by atoms with Gasteiger partial charge >= 0.3 is 0 Å². The van der Waals surface area contributed by atoms with E-state index in [1.165, 1.54) is 10.8 Å². The second-order valence-corrected chi connectivity index (χ2v) is 5.62. The number of fused-ring (bicyclic) bond motifs is 1. The van der Waals surface area contributed by atoms with E-state index in [1.807, 2.05) is 36.4 Å². The van der Waals surface area contributed by atoms with Crippen molar-refractivity contribution >= 4 is 16.8 Å². The number of benzene rings is 3. The Kier molecular flexibility index (Phi) is 5.46. The molecule has 0 amide bonds. The Morgan fingerprint density at radius 1 is 0.769 bits per heavy atom. The second-order valence-electron chi connectivity index (χ2n) is 5.62. The predicted octanol–water partition coefficient (Wildman–Crippen LogP) is 4.93. The molecule has 0 spiro atoms. The molecule has 0 aliphatic carbocycles. The highest BCUT2D eigenvalue weighted by atomic mass is 16.5. The predicted molar refractivity (Wildman–Crippen MR) is 106 cm³/mol. The minimum Gasteiger partial charge on any atom is -0.493 e. The summed E-state index contributed by atoms with van der Waals surface area (Å²) in [6, 6.07) is 18.3. The fraction of sp³-hybridized carbons (Fsp3) is 0.130. The molecule has 26 heavy (non-hydrogen) atoms. The average Bonchev–Trinajstić information content (AvgIpc) is 2.70. The van der Waals surface area contributed by atoms with Crippen LogP contribution < -0.4 is 14.2 Å². The lowest BCUT2D eigenvalue weighted by molar-refractivity contribution is 0.324. The van der Waals surface area contributed by atoms with Crippen molar-refractivity contribution in [3.8, 4) is 29.1 Å². The summed E-state index contributed by atoms with van der Waals surface area (Å²) in [5.74, 6) is 7.90. The summed E-state index contributed by atoms with van der Waals surface area (Å²) >= 11 is 0. The lowest BCUT2D eigenvalue weighted by Gasteiger charge is -2.12. The van der Waals surface area contributed by atoms with Gasteiger partial charge in [-0.05, 0) is 46.7 Å². The van der Waals surface area contributed by atoms with Gasteiger partial charge in [0.1, 0.15) is 0 Å². The van der Waals surface area contributed by atoms with Gasteiger partial charge in [0.15, 0.2) is 11.5 Å². The number of methoxy groups -OCH3 is 3. The minimum absolute atomic E-state index is 0.562. The first kappa shape index (κ1) is 17.4. The standard InChI is InChI=1S/C23H20O3/c1-24-21-15-18(16-22(25-2)23(21)26-3)9-5-4-8-17-12-13-19-10-6-7-11-20(19)14-17/h4,6-8,10-16H,1-3H3/b8-4-. The molecule has 130 valence electrons. The fourth-order valence-electron chi connectivity index (χ4n) is 2.73. The van der Waals surface area contributed by atoms with E-state index in [9.17, 15) is 0 Å². The Balaban J connectivity index is 1.83. The summed E-state index contributed by atoms with van der Waals surface area (Å²) in [5.41, 5.74) is 1.91. The summed E-state index contributed by atoms with van der Waals surface area (Å²) in [6.07, 6.45) is 3.84. The molecule has 0 N–H and O–H groups in total. The maximum absolute atomic E-state index is 5.35. The molecule has 0 fully saturated rings. The third kappa shape index (κ3) is 3.81. The number of hydrogen-bond donors (Lipinski definition) is 0. The first-order valence-corrected chi connectivity index (χ1v) is 8.22. The normalized spacial score (nSPS) is 10.4. The van der Waals surface area contributed by atoms with Crippen LogP contribution in [0.15, 0.2) is 60.7 Å². The molecule has 0 aliphatic rings. The monoisotopic (exact) mass is 344 g/mol. The molecule has 0 atom stereocenters. The van der Waals surface area contributed by atoms with Crippen LogP contribution >= 0.6 is 0 Å². The second kappa shape index (κ2) is 8.13. The van der Waals surface area contributed by atoms with Gasteiger partial charge in [0.05, 0.1) is 21.3 Å². The van der Waals surface area contributed by atoms with E-state index in [0.717, 1.165) is 11.1 Å². The van der Waals surface area contributed by atoms with E-state index >= 15 is 0 Å². The molecule has 3 aromatic rings. The molecule has 3 aromatic carbocycles. The molecular formula is C23H20O3. The van der Waals surface area contributed by atoms with Gasteiger partial charge in [-0.15, -0.1) is 0 Å². The smallest absolute Gasteiger partial charge is 0.203 e. The highest BCUT2D eigenvalue weighted by molar-refractivity contribution is 5.84. The molecule has 0 heterocycles. The minimum atomic E-state index is 0.562. The Morgan fingerprint density at radius 3 is 2.12 bits per heavy atom. The number of allylic oxidation sites excluding steroid dienone is 1. The zero-order chi connectivity index (χ0) is 18.4. The molecule has 0 radical (unpaired) electrons. The van der Waals surface area contributed by atoms with Gasteiger partial charge in [0.25, 0.3) is 0 Å². The van der Waals surface area contributed by atoms with Crippen LogP contribution in [-0.2, 0) is 0 Å². The molecule has 0 unspecified atom stereocenters. The SMILES string of the molecule is COc1cc(C#C/C=C\c2ccc3ccccc3c2)cc(OC)c1OC. The average molecular weight is 344 g/mol. The van der Waals surface area contributed by atoms with Crippen LogP contribution in [0.2, 0.25) is 0 Å². The summed E-state index contributed by atoms with van der Waals surface area (Å²) in [6.45, 7) is 0. The van der Waals surface area contributed by atoms with E-state index in [0.29, 0.717) is 17.2 Å². The number of hydrogen-bond acceptors (Lipinski definition) is 3. The molecular weight excluding hydrogens is 324 g/mol. The van der Waals surface area contributed by atoms with Gasteiger partial charge in [-0.2, -0.15) is 0 Å². The topological polar surface area (TPSA) is 27.7 Å². The first-order valence-electron chi connectivity index (χ1n) is 8.22. The third-order valence-electron chi connectivity index (χ3n) is 4.01. The maximum atomic E-state index is 5.35. The van der Waals surface area contributed by atoms with Crippen LogP contribution in [0.1, 0.15) is 11.1 Å². The fourth-order valence-corrected chi connectivity index (χ4v) is 2.73. The van der Waals surface area contributed by atoms with Crippen LogP contribution in [0.4, 0.5) is 0 Å². The van der Waals surface area contributed by atoms with E-state index in [-0.39, 0.29) is 0 Å². The molecule has 0 saturated carbocycles. The highest BCUT2D eigenvalue weighted by Gasteiger charge is 2.11. The van der Waals surface area contributed by atoms with Gasteiger partial charge in [0.2, 0.25) is 5.75 Å². The molecule has 0 saturated heterocycles. The Hall–Kier alpha value is -3.38. The Labute approximate surface area is 153 Å². The molecule has 0 aliphatic heterocycles. The summed E-state index contributed by atoms with van der Waals surface area (Å²) < 4.78 is 16.0. The lowest BCUT2D eigenvalue weighted by Crippen LogP contribution is -1.95. The van der Waals surface area contributed by atoms with E-state index in [4.69, 9.17) is 14.2 Å². The van der Waals surface area contributed by atoms with Crippen molar-refractivity contribution < 1.29 is 14.2 Å². The van der Waals surface area contributed by atoms with Gasteiger partial charge in [-0.25, -0.2) is 0 Å². The van der Waals surface area contributed by atoms with Crippen molar-refractivity contribution in [2.75, 3.05) is 21.3 Å². The summed E-state index contributed by atoms with van der Waals surface area (Å²) in [5, 5.41) is 2.44. The van der Waals surface area contributed by atoms with Crippen LogP contribution in [0, 0.1) is 11.8 Å². The number of ether oxygens (including phenoxy) is 3. The van der Waals surface area contributed by atoms with Crippen LogP contribution in [0.5, 0.6) is 17.2 Å². The molecule has 0 aromatic heterocycles. The third-order valence-corrected chi connectivity index (χ3v) is 4.01. The van der Waals surface area contributed by atoms with Crippen molar-refractivity contribution in [3.05, 3.63) is 71.8 Å². The van der Waals surface area contributed by atoms with Crippen molar-refractivity contribution in [2.45, 2.75) is 0 Å². The van der Waals surface area contributed by atoms with Crippen LogP contribution in [-0.4, -0.2) is 21.3 Å². The maximum Gasteiger partial charge on any atom is 0.203 e. The molecule has 0 bridgehead atoms. The highest BCUT2D eigenvalue weighted by Crippen LogP contribution is 2.37. The van der Waals surface area contributed by atoms with Gasteiger partial charge in [-0.1, -0.05) is 48.2 Å². The van der Waals surface area contributed by atoms with Gasteiger partial charge < -0.3 is 14.2 Å². The first-order chi connectivity index (χ1) is 12.7. The zero-order valence-electron chi connectivity index (χ0n) is 15.1. The molecule has 3 rings (SSSR count). The van der Waals surface area contributed by atoms with E-state index in [2.05, 4.69) is 42.2 Å².